The normalized spacial score (nSPS) is 9.47. The van der Waals surface area contributed by atoms with E-state index in [4.69, 9.17) is 0 Å². The second-order valence-electron chi connectivity index (χ2n) is 15.5. The number of halogens is 2. The molecule has 8 aromatic carbocycles. The number of hydrogen-bond donors (Lipinski definition) is 0. The van der Waals surface area contributed by atoms with Crippen LogP contribution in [0.3, 0.4) is 0 Å². The summed E-state index contributed by atoms with van der Waals surface area (Å²) in [4.78, 5) is 0. The van der Waals surface area contributed by atoms with Crippen molar-refractivity contribution in [3.8, 4) is 66.8 Å². The van der Waals surface area contributed by atoms with Gasteiger partial charge in [-0.2, -0.15) is 0 Å². The van der Waals surface area contributed by atoms with Crippen molar-refractivity contribution >= 4 is 46.1 Å². The molecule has 0 amide bonds. The van der Waals surface area contributed by atoms with E-state index in [1.807, 2.05) is 24.3 Å². The number of ether oxygens (including phenoxy) is 8. The fraction of sp³-hybridized carbons (Fsp3) is 0.250. The molecule has 12 heteroatoms. The van der Waals surface area contributed by atoms with Gasteiger partial charge < -0.3 is 71.9 Å². The Morgan fingerprint density at radius 3 is 0.513 bits per heavy atom. The average Bonchev–Trinajstić information content (AvgIpc) is 3.47. The zero-order valence-electron chi connectivity index (χ0n) is 45.7. The van der Waals surface area contributed by atoms with Crippen LogP contribution in [0.1, 0.15) is 0 Å². The third-order valence-corrected chi connectivity index (χ3v) is 10.3. The first-order valence-electron chi connectivity index (χ1n) is 23.8. The summed E-state index contributed by atoms with van der Waals surface area (Å²) >= 11 is 0. The molecule has 0 saturated carbocycles. The van der Waals surface area contributed by atoms with Gasteiger partial charge in [0.25, 0.3) is 0 Å². The molecule has 0 aliphatic carbocycles. The van der Waals surface area contributed by atoms with Gasteiger partial charge in [-0.15, -0.1) is 58.7 Å². The first kappa shape index (κ1) is 74.0. The molecule has 76 heavy (non-hydrogen) atoms. The van der Waals surface area contributed by atoms with E-state index in [9.17, 15) is 0 Å². The van der Waals surface area contributed by atoms with Gasteiger partial charge in [0.05, 0.1) is 52.9 Å². The molecule has 8 rings (SSSR count). The van der Waals surface area contributed by atoms with Gasteiger partial charge in [-0.1, -0.05) is 215 Å². The van der Waals surface area contributed by atoms with Crippen LogP contribution in [0.2, 0.25) is 0 Å². The minimum Gasteiger partial charge on any atom is -1.00 e. The topological polar surface area (TPSA) is 73.8 Å². The summed E-state index contributed by atoms with van der Waals surface area (Å²) in [5.74, 6) is 0. The molecule has 8 aromatic rings. The van der Waals surface area contributed by atoms with Gasteiger partial charge in [0.15, 0.2) is 0 Å². The third kappa shape index (κ3) is 30.8. The summed E-state index contributed by atoms with van der Waals surface area (Å²) < 4.78 is 37.3. The summed E-state index contributed by atoms with van der Waals surface area (Å²) in [5, 5.41) is 0. The molecule has 0 heterocycles. The Morgan fingerprint density at radius 2 is 0.368 bits per heavy atom. The number of hydrogen-bond acceptors (Lipinski definition) is 8. The molecule has 0 radical (unpaired) electrons. The van der Waals surface area contributed by atoms with E-state index in [1.165, 1.54) is 44.5 Å². The molecular weight excluding hydrogens is 1110 g/mol. The van der Waals surface area contributed by atoms with Crippen LogP contribution in [0.5, 0.6) is 0 Å². The Labute approximate surface area is 508 Å². The van der Waals surface area contributed by atoms with Crippen molar-refractivity contribution < 1.29 is 71.9 Å². The van der Waals surface area contributed by atoms with Crippen molar-refractivity contribution in [2.24, 2.45) is 0 Å². The summed E-state index contributed by atoms with van der Waals surface area (Å²) in [6.45, 7) is 5.53. The van der Waals surface area contributed by atoms with E-state index in [0.29, 0.717) is 52.9 Å². The Kier molecular flexibility index (Phi) is 47.9. The monoisotopic (exact) mass is 1180 g/mol. The first-order chi connectivity index (χ1) is 35.5. The second kappa shape index (κ2) is 49.2. The van der Waals surface area contributed by atoms with Gasteiger partial charge in [0.2, 0.25) is 0 Å². The fourth-order valence-electron chi connectivity index (χ4n) is 6.49. The van der Waals surface area contributed by atoms with Crippen molar-refractivity contribution in [3.63, 3.8) is 0 Å². The van der Waals surface area contributed by atoms with E-state index in [0.717, 1.165) is 22.3 Å². The number of methoxy groups -OCH3 is 8. The maximum Gasteiger partial charge on any atom is 2.00 e. The average molecular weight is 1180 g/mol. The smallest absolute Gasteiger partial charge is 1.00 e. The number of benzene rings is 8. The molecule has 0 atom stereocenters. The quantitative estimate of drug-likeness (QED) is 0.0503. The summed E-state index contributed by atoms with van der Waals surface area (Å²) in [6, 6.07) is 78.9. The van der Waals surface area contributed by atoms with Crippen molar-refractivity contribution in [2.45, 2.75) is 0 Å². The molecule has 0 aliphatic heterocycles. The summed E-state index contributed by atoms with van der Waals surface area (Å²) in [6.07, 6.45) is 0. The van der Waals surface area contributed by atoms with Crippen molar-refractivity contribution in [2.75, 3.05) is 110 Å². The van der Waals surface area contributed by atoms with Gasteiger partial charge >= 0.3 is 46.1 Å². The minimum atomic E-state index is 0. The van der Waals surface area contributed by atoms with Gasteiger partial charge in [0, 0.05) is 56.9 Å². The van der Waals surface area contributed by atoms with Crippen LogP contribution in [0.25, 0.3) is 66.8 Å². The Balaban J connectivity index is 0. The Hall–Kier alpha value is -4.07. The zero-order valence-corrected chi connectivity index (χ0v) is 51.7. The largest absolute Gasteiger partial charge is 2.00 e. The molecule has 0 saturated heterocycles. The standard InChI is InChI=1S/2C24H17.4C4H10O2.2BrH.2Mg/c2*1-4-10-19(11-5-1)22-16-23(20-12-6-2-7-13-20)18-24(17-22)21-14-8-3-9-15-21;4*1-5-3-4-6-2;;;;/h2*1-17H;4*3-4H2,1-2H3;2*1H;;/q2*-1;;;;;;;2*+2/p-2. The van der Waals surface area contributed by atoms with E-state index in [2.05, 4.69) is 232 Å². The molecule has 396 valence electrons. The van der Waals surface area contributed by atoms with Gasteiger partial charge in [-0.05, 0) is 11.1 Å². The SMILES string of the molecule is COCCOC.COCCOC.COCCOC.COCCOC.[Br-].[Br-].[Mg+2].[Mg+2].[c-]1c(-c2ccccc2)cc(-c2ccccc2)cc1-c1ccccc1.[c-]1c(-c2ccccc2)cc(-c2ccccc2)cc1-c1ccccc1. The maximum absolute atomic E-state index is 4.66. The molecule has 0 spiro atoms. The van der Waals surface area contributed by atoms with Crippen LogP contribution in [0, 0.1) is 12.1 Å². The van der Waals surface area contributed by atoms with Crippen molar-refractivity contribution in [3.05, 3.63) is 218 Å². The molecular formula is C64H74Br2Mg2O8. The van der Waals surface area contributed by atoms with Gasteiger partial charge in [-0.25, -0.2) is 0 Å². The minimum absolute atomic E-state index is 0. The van der Waals surface area contributed by atoms with Gasteiger partial charge in [0.1, 0.15) is 0 Å². The number of rotatable bonds is 18. The summed E-state index contributed by atoms with van der Waals surface area (Å²) in [5.41, 5.74) is 14.1. The van der Waals surface area contributed by atoms with Crippen molar-refractivity contribution in [1.29, 1.82) is 0 Å². The van der Waals surface area contributed by atoms with Crippen LogP contribution in [-0.2, 0) is 37.9 Å². The molecule has 0 N–H and O–H groups in total. The van der Waals surface area contributed by atoms with E-state index in [1.54, 1.807) is 56.9 Å². The van der Waals surface area contributed by atoms with Crippen LogP contribution >= 0.6 is 0 Å². The van der Waals surface area contributed by atoms with Crippen molar-refractivity contribution in [1.82, 2.24) is 0 Å². The summed E-state index contributed by atoms with van der Waals surface area (Å²) in [7, 11) is 13.2. The van der Waals surface area contributed by atoms with Crippen LogP contribution < -0.4 is 34.0 Å². The van der Waals surface area contributed by atoms with E-state index >= 15 is 0 Å². The Morgan fingerprint density at radius 1 is 0.224 bits per heavy atom. The molecule has 0 aliphatic rings. The van der Waals surface area contributed by atoms with E-state index < -0.39 is 0 Å². The third-order valence-electron chi connectivity index (χ3n) is 10.3. The zero-order chi connectivity index (χ0) is 51.7. The van der Waals surface area contributed by atoms with Crippen LogP contribution in [0.4, 0.5) is 0 Å². The first-order valence-corrected chi connectivity index (χ1v) is 23.8. The van der Waals surface area contributed by atoms with Crippen LogP contribution in [0.15, 0.2) is 206 Å². The van der Waals surface area contributed by atoms with Gasteiger partial charge in [-0.3, -0.25) is 0 Å². The van der Waals surface area contributed by atoms with Crippen LogP contribution in [-0.4, -0.2) is 156 Å². The maximum atomic E-state index is 4.66. The molecule has 0 bridgehead atoms. The molecule has 8 nitrogen and oxygen atoms in total. The second-order valence-corrected chi connectivity index (χ2v) is 15.5. The Bertz CT molecular complexity index is 2030. The fourth-order valence-corrected chi connectivity index (χ4v) is 6.49. The molecule has 0 unspecified atom stereocenters. The van der Waals surface area contributed by atoms with E-state index in [-0.39, 0.29) is 80.1 Å². The predicted octanol–water partition coefficient (Wildman–Crippen LogP) is 7.34. The predicted molar refractivity (Wildman–Crippen MR) is 310 cm³/mol. The molecule has 0 fully saturated rings. The molecule has 0 aromatic heterocycles.